The molecule has 1 unspecified atom stereocenters. The summed E-state index contributed by atoms with van der Waals surface area (Å²) in [5, 5.41) is 14.6. The second kappa shape index (κ2) is 10.1. The van der Waals surface area contributed by atoms with Crippen LogP contribution in [0.4, 0.5) is 10.5 Å². The lowest BCUT2D eigenvalue weighted by Gasteiger charge is -2.19. The maximum Gasteiger partial charge on any atom is 0.319 e. The van der Waals surface area contributed by atoms with Gasteiger partial charge in [-0.25, -0.2) is 4.79 Å². The fourth-order valence-corrected chi connectivity index (χ4v) is 2.68. The number of carbonyl (C=O) groups excluding carboxylic acids is 1. The molecule has 2 amide bonds. The molecule has 7 heteroatoms. The Bertz CT molecular complexity index is 764. The summed E-state index contributed by atoms with van der Waals surface area (Å²) < 4.78 is 10.4. The van der Waals surface area contributed by atoms with E-state index >= 15 is 0 Å². The summed E-state index contributed by atoms with van der Waals surface area (Å²) >= 11 is 0. The molecule has 2 aromatic rings. The zero-order chi connectivity index (χ0) is 19.6. The van der Waals surface area contributed by atoms with E-state index in [2.05, 4.69) is 10.6 Å². The van der Waals surface area contributed by atoms with Crippen molar-refractivity contribution in [2.24, 2.45) is 0 Å². The van der Waals surface area contributed by atoms with Gasteiger partial charge in [-0.2, -0.15) is 0 Å². The summed E-state index contributed by atoms with van der Waals surface area (Å²) in [4.78, 5) is 23.4. The molecule has 2 rings (SSSR count). The quantitative estimate of drug-likeness (QED) is 0.627. The van der Waals surface area contributed by atoms with Crippen molar-refractivity contribution >= 4 is 17.7 Å². The Morgan fingerprint density at radius 3 is 2.44 bits per heavy atom. The first-order chi connectivity index (χ1) is 13.0. The molecule has 1 atom stereocenters. The van der Waals surface area contributed by atoms with Crippen molar-refractivity contribution in [3.8, 4) is 11.5 Å². The minimum absolute atomic E-state index is 0.0275. The van der Waals surface area contributed by atoms with Crippen LogP contribution in [0.15, 0.2) is 48.5 Å². The SMILES string of the molecule is COc1ccc(OC)c(NC(=O)NC(CCC(=O)O)Cc2ccccc2)c1. The molecular formula is C20H24N2O5. The summed E-state index contributed by atoms with van der Waals surface area (Å²) in [6.07, 6.45) is 0.837. The van der Waals surface area contributed by atoms with E-state index in [0.717, 1.165) is 5.56 Å². The number of benzene rings is 2. The Labute approximate surface area is 158 Å². The van der Waals surface area contributed by atoms with Gasteiger partial charge in [-0.1, -0.05) is 30.3 Å². The average Bonchev–Trinajstić information content (AvgIpc) is 2.66. The summed E-state index contributed by atoms with van der Waals surface area (Å²) in [5.74, 6) is 0.179. The van der Waals surface area contributed by atoms with Gasteiger partial charge in [0.2, 0.25) is 0 Å². The molecule has 0 fully saturated rings. The fraction of sp³-hybridized carbons (Fsp3) is 0.300. The summed E-state index contributed by atoms with van der Waals surface area (Å²) in [7, 11) is 3.05. The van der Waals surface area contributed by atoms with Crippen LogP contribution >= 0.6 is 0 Å². The highest BCUT2D eigenvalue weighted by molar-refractivity contribution is 5.91. The third kappa shape index (κ3) is 6.54. The van der Waals surface area contributed by atoms with E-state index < -0.39 is 12.0 Å². The Kier molecular flexibility index (Phi) is 7.49. The van der Waals surface area contributed by atoms with Crippen LogP contribution in [0.5, 0.6) is 11.5 Å². The van der Waals surface area contributed by atoms with Gasteiger partial charge in [-0.15, -0.1) is 0 Å². The number of nitrogens with one attached hydrogen (secondary N) is 2. The largest absolute Gasteiger partial charge is 0.497 e. The lowest BCUT2D eigenvalue weighted by Crippen LogP contribution is -2.39. The molecule has 0 aliphatic rings. The molecule has 0 aliphatic carbocycles. The number of carboxylic acid groups (broad SMARTS) is 1. The van der Waals surface area contributed by atoms with Crippen LogP contribution in [-0.4, -0.2) is 37.4 Å². The maximum atomic E-state index is 12.5. The van der Waals surface area contributed by atoms with Crippen molar-refractivity contribution in [2.75, 3.05) is 19.5 Å². The number of urea groups is 1. The second-order valence-corrected chi connectivity index (χ2v) is 5.98. The Morgan fingerprint density at radius 2 is 1.81 bits per heavy atom. The van der Waals surface area contributed by atoms with Crippen molar-refractivity contribution in [1.82, 2.24) is 5.32 Å². The van der Waals surface area contributed by atoms with Gasteiger partial charge >= 0.3 is 12.0 Å². The van der Waals surface area contributed by atoms with Crippen LogP contribution < -0.4 is 20.1 Å². The van der Waals surface area contributed by atoms with E-state index in [1.165, 1.54) is 14.2 Å². The van der Waals surface area contributed by atoms with E-state index in [9.17, 15) is 9.59 Å². The molecule has 0 aliphatic heterocycles. The zero-order valence-corrected chi connectivity index (χ0v) is 15.4. The van der Waals surface area contributed by atoms with Crippen LogP contribution in [0.1, 0.15) is 18.4 Å². The molecule has 0 saturated heterocycles. The van der Waals surface area contributed by atoms with E-state index in [1.54, 1.807) is 18.2 Å². The van der Waals surface area contributed by atoms with E-state index in [4.69, 9.17) is 14.6 Å². The van der Waals surface area contributed by atoms with Gasteiger partial charge in [-0.05, 0) is 30.5 Å². The topological polar surface area (TPSA) is 96.9 Å². The highest BCUT2D eigenvalue weighted by Crippen LogP contribution is 2.28. The first-order valence-electron chi connectivity index (χ1n) is 8.57. The number of hydrogen-bond donors (Lipinski definition) is 3. The monoisotopic (exact) mass is 372 g/mol. The summed E-state index contributed by atoms with van der Waals surface area (Å²) in [5.41, 5.74) is 1.48. The molecule has 7 nitrogen and oxygen atoms in total. The van der Waals surface area contributed by atoms with Crippen molar-refractivity contribution < 1.29 is 24.2 Å². The molecule has 0 heterocycles. The molecule has 0 bridgehead atoms. The Balaban J connectivity index is 2.07. The minimum Gasteiger partial charge on any atom is -0.497 e. The van der Waals surface area contributed by atoms with Crippen LogP contribution in [0.3, 0.4) is 0 Å². The number of amides is 2. The van der Waals surface area contributed by atoms with E-state index in [1.807, 2.05) is 30.3 Å². The van der Waals surface area contributed by atoms with Gasteiger partial charge in [0.15, 0.2) is 0 Å². The molecule has 144 valence electrons. The number of carbonyl (C=O) groups is 2. The lowest BCUT2D eigenvalue weighted by atomic mass is 10.0. The minimum atomic E-state index is -0.898. The number of methoxy groups -OCH3 is 2. The molecule has 2 aromatic carbocycles. The van der Waals surface area contributed by atoms with Crippen molar-refractivity contribution in [1.29, 1.82) is 0 Å². The zero-order valence-electron chi connectivity index (χ0n) is 15.4. The molecule has 0 aromatic heterocycles. The number of carboxylic acids is 1. The van der Waals surface area contributed by atoms with Gasteiger partial charge in [0.05, 0.1) is 19.9 Å². The van der Waals surface area contributed by atoms with Crippen LogP contribution in [0.25, 0.3) is 0 Å². The highest BCUT2D eigenvalue weighted by Gasteiger charge is 2.16. The third-order valence-electron chi connectivity index (χ3n) is 4.02. The van der Waals surface area contributed by atoms with Gasteiger partial charge in [0.25, 0.3) is 0 Å². The van der Waals surface area contributed by atoms with E-state index in [0.29, 0.717) is 30.0 Å². The predicted molar refractivity (Wildman–Crippen MR) is 103 cm³/mol. The first kappa shape index (κ1) is 20.1. The third-order valence-corrected chi connectivity index (χ3v) is 4.02. The number of ether oxygens (including phenoxy) is 2. The molecule has 0 spiro atoms. The highest BCUT2D eigenvalue weighted by atomic mass is 16.5. The predicted octanol–water partition coefficient (Wildman–Crippen LogP) is 3.30. The fourth-order valence-electron chi connectivity index (χ4n) is 2.68. The standard InChI is InChI=1S/C20H24N2O5/c1-26-16-9-10-18(27-2)17(13-16)22-20(25)21-15(8-11-19(23)24)12-14-6-4-3-5-7-14/h3-7,9-10,13,15H,8,11-12H2,1-2H3,(H,23,24)(H2,21,22,25). The average molecular weight is 372 g/mol. The smallest absolute Gasteiger partial charge is 0.319 e. The lowest BCUT2D eigenvalue weighted by molar-refractivity contribution is -0.137. The molecular weight excluding hydrogens is 348 g/mol. The van der Waals surface area contributed by atoms with Gasteiger partial charge in [0.1, 0.15) is 11.5 Å². The molecule has 27 heavy (non-hydrogen) atoms. The normalized spacial score (nSPS) is 11.3. The number of hydrogen-bond acceptors (Lipinski definition) is 4. The Hall–Kier alpha value is -3.22. The molecule has 3 N–H and O–H groups in total. The Morgan fingerprint density at radius 1 is 1.07 bits per heavy atom. The van der Waals surface area contributed by atoms with Crippen molar-refractivity contribution in [3.63, 3.8) is 0 Å². The van der Waals surface area contributed by atoms with E-state index in [-0.39, 0.29) is 12.5 Å². The van der Waals surface area contributed by atoms with Crippen molar-refractivity contribution in [2.45, 2.75) is 25.3 Å². The maximum absolute atomic E-state index is 12.5. The van der Waals surface area contributed by atoms with Crippen LogP contribution in [-0.2, 0) is 11.2 Å². The van der Waals surface area contributed by atoms with Gasteiger partial charge < -0.3 is 25.2 Å². The number of rotatable bonds is 9. The first-order valence-corrected chi connectivity index (χ1v) is 8.57. The van der Waals surface area contributed by atoms with Crippen LogP contribution in [0.2, 0.25) is 0 Å². The van der Waals surface area contributed by atoms with Gasteiger partial charge in [-0.3, -0.25) is 4.79 Å². The van der Waals surface area contributed by atoms with Crippen molar-refractivity contribution in [3.05, 3.63) is 54.1 Å². The number of anilines is 1. The summed E-state index contributed by atoms with van der Waals surface area (Å²) in [6.45, 7) is 0. The van der Waals surface area contributed by atoms with Crippen LogP contribution in [0, 0.1) is 0 Å². The number of aliphatic carboxylic acids is 1. The molecule has 0 radical (unpaired) electrons. The molecule has 0 saturated carbocycles. The second-order valence-electron chi connectivity index (χ2n) is 5.98. The summed E-state index contributed by atoms with van der Waals surface area (Å²) in [6, 6.07) is 13.9. The van der Waals surface area contributed by atoms with Gasteiger partial charge in [0, 0.05) is 18.5 Å².